The van der Waals surface area contributed by atoms with Crippen LogP contribution < -0.4 is 5.32 Å². The molecule has 2 rings (SSSR count). The monoisotopic (exact) mass is 268 g/mol. The topological polar surface area (TPSA) is 75.2 Å². The van der Waals surface area contributed by atoms with E-state index in [2.05, 4.69) is 15.3 Å². The molecule has 7 heteroatoms. The van der Waals surface area contributed by atoms with Crippen LogP contribution in [0.15, 0.2) is 6.07 Å². The van der Waals surface area contributed by atoms with Crippen molar-refractivity contribution >= 4 is 23.4 Å². The lowest BCUT2D eigenvalue weighted by atomic mass is 10.2. The number of hydrogen-bond donors (Lipinski definition) is 1. The van der Waals surface area contributed by atoms with Crippen LogP contribution in [0.1, 0.15) is 23.1 Å². The van der Waals surface area contributed by atoms with Gasteiger partial charge < -0.3 is 10.2 Å². The molecule has 0 radical (unpaired) electrons. The zero-order valence-corrected chi connectivity index (χ0v) is 10.9. The van der Waals surface area contributed by atoms with Gasteiger partial charge in [-0.2, -0.15) is 0 Å². The van der Waals surface area contributed by atoms with E-state index in [1.54, 1.807) is 19.9 Å². The lowest BCUT2D eigenvalue weighted by molar-refractivity contribution is -0.127. The van der Waals surface area contributed by atoms with Gasteiger partial charge in [-0.25, -0.2) is 9.97 Å². The Labute approximate surface area is 109 Å². The molecule has 0 aromatic carbocycles. The second kappa shape index (κ2) is 4.89. The number of amides is 2. The summed E-state index contributed by atoms with van der Waals surface area (Å²) in [6.45, 7) is 4.33. The third-order valence-electron chi connectivity index (χ3n) is 2.81. The van der Waals surface area contributed by atoms with E-state index >= 15 is 0 Å². The van der Waals surface area contributed by atoms with Crippen LogP contribution in [0.25, 0.3) is 0 Å². The van der Waals surface area contributed by atoms with Crippen molar-refractivity contribution < 1.29 is 9.59 Å². The van der Waals surface area contributed by atoms with Crippen molar-refractivity contribution in [1.29, 1.82) is 0 Å². The standard InChI is InChI=1S/C11H13ClN4O2/c1-6-5-8(15-11(12)14-6)10(18)16-4-3-13-9(17)7(16)2/h5,7H,3-4H2,1-2H3,(H,13,17). The Kier molecular flexibility index (Phi) is 3.47. The first-order valence-electron chi connectivity index (χ1n) is 5.59. The van der Waals surface area contributed by atoms with Gasteiger partial charge in [0.1, 0.15) is 11.7 Å². The minimum atomic E-state index is -0.500. The summed E-state index contributed by atoms with van der Waals surface area (Å²) in [4.78, 5) is 33.1. The smallest absolute Gasteiger partial charge is 0.273 e. The van der Waals surface area contributed by atoms with E-state index in [4.69, 9.17) is 11.6 Å². The Hall–Kier alpha value is -1.69. The van der Waals surface area contributed by atoms with E-state index in [-0.39, 0.29) is 22.8 Å². The summed E-state index contributed by atoms with van der Waals surface area (Å²) in [5.74, 6) is -0.462. The largest absolute Gasteiger partial charge is 0.353 e. The van der Waals surface area contributed by atoms with Crippen LogP contribution in [0.4, 0.5) is 0 Å². The summed E-state index contributed by atoms with van der Waals surface area (Å²) in [5, 5.41) is 2.73. The molecule has 1 unspecified atom stereocenters. The first-order valence-corrected chi connectivity index (χ1v) is 5.96. The molecule has 96 valence electrons. The minimum Gasteiger partial charge on any atom is -0.353 e. The van der Waals surface area contributed by atoms with Gasteiger partial charge in [-0.05, 0) is 31.5 Å². The molecule has 1 aliphatic heterocycles. The molecule has 1 N–H and O–H groups in total. The molecule has 0 saturated carbocycles. The highest BCUT2D eigenvalue weighted by Gasteiger charge is 2.30. The van der Waals surface area contributed by atoms with E-state index in [9.17, 15) is 9.59 Å². The van der Waals surface area contributed by atoms with Crippen LogP contribution in [0.5, 0.6) is 0 Å². The van der Waals surface area contributed by atoms with E-state index in [0.717, 1.165) is 0 Å². The Balaban J connectivity index is 2.27. The molecule has 1 fully saturated rings. The summed E-state index contributed by atoms with van der Waals surface area (Å²) in [6.07, 6.45) is 0. The molecular formula is C11H13ClN4O2. The number of halogens is 1. The first-order chi connectivity index (χ1) is 8.49. The molecule has 2 amide bonds. The molecule has 0 aliphatic carbocycles. The predicted molar refractivity (Wildman–Crippen MR) is 65.3 cm³/mol. The Morgan fingerprint density at radius 2 is 2.28 bits per heavy atom. The molecule has 18 heavy (non-hydrogen) atoms. The Morgan fingerprint density at radius 1 is 1.56 bits per heavy atom. The Morgan fingerprint density at radius 3 is 2.94 bits per heavy atom. The van der Waals surface area contributed by atoms with Gasteiger partial charge in [-0.15, -0.1) is 0 Å². The van der Waals surface area contributed by atoms with E-state index < -0.39 is 6.04 Å². The van der Waals surface area contributed by atoms with Crippen LogP contribution in [0, 0.1) is 6.92 Å². The molecule has 1 atom stereocenters. The van der Waals surface area contributed by atoms with Gasteiger partial charge in [-0.3, -0.25) is 9.59 Å². The average Bonchev–Trinajstić information content (AvgIpc) is 2.30. The minimum absolute atomic E-state index is 0.0347. The molecule has 2 heterocycles. The predicted octanol–water partition coefficient (Wildman–Crippen LogP) is 0.399. The molecule has 1 saturated heterocycles. The molecule has 1 aliphatic rings. The van der Waals surface area contributed by atoms with Crippen LogP contribution in [0.3, 0.4) is 0 Å². The maximum absolute atomic E-state index is 12.3. The van der Waals surface area contributed by atoms with Crippen LogP contribution in [-0.4, -0.2) is 45.8 Å². The first kappa shape index (κ1) is 12.8. The van der Waals surface area contributed by atoms with Crippen molar-refractivity contribution in [2.24, 2.45) is 0 Å². The number of rotatable bonds is 1. The second-order valence-electron chi connectivity index (χ2n) is 4.13. The summed E-state index contributed by atoms with van der Waals surface area (Å²) >= 11 is 5.73. The van der Waals surface area contributed by atoms with E-state index in [1.165, 1.54) is 4.90 Å². The highest BCUT2D eigenvalue weighted by molar-refractivity contribution is 6.28. The van der Waals surface area contributed by atoms with Crippen molar-refractivity contribution in [3.63, 3.8) is 0 Å². The van der Waals surface area contributed by atoms with Crippen molar-refractivity contribution in [2.45, 2.75) is 19.9 Å². The zero-order chi connectivity index (χ0) is 13.3. The second-order valence-corrected chi connectivity index (χ2v) is 4.47. The number of hydrogen-bond acceptors (Lipinski definition) is 4. The van der Waals surface area contributed by atoms with Gasteiger partial charge in [-0.1, -0.05) is 0 Å². The summed E-state index contributed by atoms with van der Waals surface area (Å²) in [7, 11) is 0. The zero-order valence-electron chi connectivity index (χ0n) is 10.1. The average molecular weight is 269 g/mol. The quantitative estimate of drug-likeness (QED) is 0.748. The number of carbonyl (C=O) groups excluding carboxylic acids is 2. The SMILES string of the molecule is Cc1cc(C(=O)N2CCNC(=O)C2C)nc(Cl)n1. The highest BCUT2D eigenvalue weighted by Crippen LogP contribution is 2.12. The maximum Gasteiger partial charge on any atom is 0.273 e. The molecule has 6 nitrogen and oxygen atoms in total. The van der Waals surface area contributed by atoms with Crippen molar-refractivity contribution in [2.75, 3.05) is 13.1 Å². The molecule has 0 bridgehead atoms. The van der Waals surface area contributed by atoms with Crippen molar-refractivity contribution in [1.82, 2.24) is 20.2 Å². The highest BCUT2D eigenvalue weighted by atomic mass is 35.5. The van der Waals surface area contributed by atoms with Gasteiger partial charge in [0.25, 0.3) is 5.91 Å². The van der Waals surface area contributed by atoms with E-state index in [0.29, 0.717) is 18.8 Å². The third kappa shape index (κ3) is 2.43. The fraction of sp³-hybridized carbons (Fsp3) is 0.455. The normalized spacial score (nSPS) is 19.6. The molecular weight excluding hydrogens is 256 g/mol. The third-order valence-corrected chi connectivity index (χ3v) is 2.97. The molecule has 1 aromatic rings. The van der Waals surface area contributed by atoms with E-state index in [1.807, 2.05) is 0 Å². The Bertz CT molecular complexity index is 486. The van der Waals surface area contributed by atoms with Gasteiger partial charge >= 0.3 is 0 Å². The number of nitrogens with zero attached hydrogens (tertiary/aromatic N) is 3. The number of nitrogens with one attached hydrogen (secondary N) is 1. The van der Waals surface area contributed by atoms with Crippen LogP contribution in [0.2, 0.25) is 5.28 Å². The maximum atomic E-state index is 12.3. The summed E-state index contributed by atoms with van der Waals surface area (Å²) < 4.78 is 0. The van der Waals surface area contributed by atoms with Crippen LogP contribution in [-0.2, 0) is 4.79 Å². The fourth-order valence-corrected chi connectivity index (χ4v) is 2.07. The molecule has 1 aromatic heterocycles. The number of carbonyl (C=O) groups is 2. The number of aryl methyl sites for hydroxylation is 1. The fourth-order valence-electron chi connectivity index (χ4n) is 1.85. The molecule has 0 spiro atoms. The van der Waals surface area contributed by atoms with Crippen LogP contribution >= 0.6 is 11.6 Å². The van der Waals surface area contributed by atoms with Gasteiger partial charge in [0, 0.05) is 18.8 Å². The summed E-state index contributed by atoms with van der Waals surface area (Å²) in [6, 6.07) is 1.06. The lowest BCUT2D eigenvalue weighted by Gasteiger charge is -2.32. The lowest BCUT2D eigenvalue weighted by Crippen LogP contribution is -2.56. The number of piperazine rings is 1. The summed E-state index contributed by atoms with van der Waals surface area (Å²) in [5.41, 5.74) is 0.835. The van der Waals surface area contributed by atoms with Crippen molar-refractivity contribution in [3.8, 4) is 0 Å². The van der Waals surface area contributed by atoms with Gasteiger partial charge in [0.2, 0.25) is 11.2 Å². The van der Waals surface area contributed by atoms with Gasteiger partial charge in [0.15, 0.2) is 0 Å². The number of aromatic nitrogens is 2. The van der Waals surface area contributed by atoms with Crippen molar-refractivity contribution in [3.05, 3.63) is 22.7 Å². The van der Waals surface area contributed by atoms with Gasteiger partial charge in [0.05, 0.1) is 0 Å².